The van der Waals surface area contributed by atoms with Crippen LogP contribution in [0.2, 0.25) is 0 Å². The van der Waals surface area contributed by atoms with Gasteiger partial charge >= 0.3 is 22.8 Å². The third-order valence-electron chi connectivity index (χ3n) is 20.4. The van der Waals surface area contributed by atoms with Gasteiger partial charge in [0.1, 0.15) is 73.4 Å². The highest BCUT2D eigenvalue weighted by atomic mass is 32.1. The molecule has 1 amide bonds. The lowest BCUT2D eigenvalue weighted by Crippen LogP contribution is -2.39. The Balaban J connectivity index is 0.000000238. The molecule has 5 aliphatic rings. The monoisotopic (exact) mass is 1850 g/mol. The third kappa shape index (κ3) is 30.2. The van der Waals surface area contributed by atoms with Gasteiger partial charge in [-0.25, -0.2) is 19.2 Å². The maximum Gasteiger partial charge on any atom is 0.330 e. The number of ketones is 2. The number of hydrogen-bond acceptors (Lipinski definition) is 29. The van der Waals surface area contributed by atoms with E-state index in [4.69, 9.17) is 40.6 Å². The van der Waals surface area contributed by atoms with Gasteiger partial charge in [0.2, 0.25) is 11.7 Å². The van der Waals surface area contributed by atoms with E-state index in [0.29, 0.717) is 56.1 Å². The Labute approximate surface area is 715 Å². The number of amides is 1. The molecule has 0 aromatic carbocycles. The Kier molecular flexibility index (Phi) is 37.9. The summed E-state index contributed by atoms with van der Waals surface area (Å²) in [4.78, 5) is 152. The zero-order chi connectivity index (χ0) is 93.0. The summed E-state index contributed by atoms with van der Waals surface area (Å²) in [6.45, 7) is 21.4. The zero-order valence-corrected chi connectivity index (χ0v) is 77.6. The zero-order valence-electron chi connectivity index (χ0n) is 72.3. The van der Waals surface area contributed by atoms with E-state index in [1.54, 1.807) is 13.1 Å². The number of nitrogens with zero attached hydrogens (tertiary/aromatic N) is 5. The van der Waals surface area contributed by atoms with E-state index in [9.17, 15) is 109 Å². The summed E-state index contributed by atoms with van der Waals surface area (Å²) in [6, 6.07) is 0. The second kappa shape index (κ2) is 44.4. The Bertz CT molecular complexity index is 5170. The minimum atomic E-state index is -1.35. The van der Waals surface area contributed by atoms with Crippen LogP contribution in [-0.4, -0.2) is 343 Å². The van der Waals surface area contributed by atoms with Gasteiger partial charge in [-0.1, -0.05) is 13.8 Å². The first-order valence-electron chi connectivity index (χ1n) is 39.8. The molecule has 10 rings (SSSR count). The molecular formula is C78H126N11O28P5S. The molecular weight excluding hydrogens is 1730 g/mol. The summed E-state index contributed by atoms with van der Waals surface area (Å²) in [5.41, 5.74) is -4.53. The molecule has 16 N–H and O–H groups in total. The number of ether oxygens (including phenoxy) is 6. The number of aliphatic hydroxyl groups is 10. The van der Waals surface area contributed by atoms with Gasteiger partial charge in [0.25, 0.3) is 27.8 Å². The van der Waals surface area contributed by atoms with Crippen molar-refractivity contribution in [2.75, 3.05) is 104 Å². The van der Waals surface area contributed by atoms with Crippen LogP contribution in [0.4, 0.5) is 0 Å². The van der Waals surface area contributed by atoms with Gasteiger partial charge < -0.3 is 84.8 Å². The van der Waals surface area contributed by atoms with Crippen LogP contribution in [0.25, 0.3) is 0 Å². The highest BCUT2D eigenvalue weighted by molar-refractivity contribution is 7.73. The topological polar surface area (TPSA) is 578 Å². The molecule has 20 atom stereocenters. The summed E-state index contributed by atoms with van der Waals surface area (Å²) < 4.78 is 39.6. The van der Waals surface area contributed by atoms with Crippen LogP contribution in [0, 0.1) is 4.77 Å². The Morgan fingerprint density at radius 2 is 0.634 bits per heavy atom. The molecule has 5 saturated heterocycles. The molecule has 10 heterocycles. The number of aromatic nitrogens is 10. The predicted molar refractivity (Wildman–Crippen MR) is 484 cm³/mol. The van der Waals surface area contributed by atoms with Crippen LogP contribution < -0.4 is 60.6 Å². The van der Waals surface area contributed by atoms with Crippen molar-refractivity contribution in [2.45, 2.75) is 215 Å². The summed E-state index contributed by atoms with van der Waals surface area (Å²) >= 11 is 5.17. The average molecular weight is 1850 g/mol. The van der Waals surface area contributed by atoms with Crippen molar-refractivity contribution >= 4 is 95.6 Å². The lowest BCUT2D eigenvalue weighted by Gasteiger charge is -2.19. The Hall–Kier alpha value is -6.67. The smallest absolute Gasteiger partial charge is 0.330 e. The number of rotatable bonds is 29. The maximum absolute atomic E-state index is 12.1. The summed E-state index contributed by atoms with van der Waals surface area (Å²) in [5.74, 6) is -1.11. The van der Waals surface area contributed by atoms with Crippen molar-refractivity contribution in [3.05, 3.63) is 152 Å². The second-order valence-electron chi connectivity index (χ2n) is 34.9. The van der Waals surface area contributed by atoms with E-state index < -0.39 is 202 Å². The second-order valence-corrected chi connectivity index (χ2v) is 56.9. The quantitative estimate of drug-likeness (QED) is 0.0191. The Morgan fingerprint density at radius 3 is 0.919 bits per heavy atom. The first kappa shape index (κ1) is 105. The van der Waals surface area contributed by atoms with Gasteiger partial charge in [0.15, 0.2) is 41.7 Å². The van der Waals surface area contributed by atoms with Gasteiger partial charge in [-0.15, -0.1) is 65.9 Å². The highest BCUT2D eigenvalue weighted by Gasteiger charge is 2.49. The largest absolute Gasteiger partial charge is 0.479 e. The lowest BCUT2D eigenvalue weighted by molar-refractivity contribution is -0.119. The van der Waals surface area contributed by atoms with E-state index in [1.807, 2.05) is 20.3 Å². The number of Topliss-reactive ketones (excluding diaryl/α,β-unsaturated/α-hetero) is 2. The molecule has 0 saturated carbocycles. The minimum Gasteiger partial charge on any atom is -0.479 e. The van der Waals surface area contributed by atoms with Crippen LogP contribution in [0.3, 0.4) is 0 Å². The molecule has 0 radical (unpaired) electrons. The number of carbonyl (C=O) groups excluding carboxylic acids is 3. The van der Waals surface area contributed by atoms with E-state index >= 15 is 0 Å². The van der Waals surface area contributed by atoms with E-state index in [-0.39, 0.29) is 64.3 Å². The number of hydrogen-bond donors (Lipinski definition) is 16. The normalized spacial score (nSPS) is 27.0. The van der Waals surface area contributed by atoms with Crippen molar-refractivity contribution in [1.82, 2.24) is 53.1 Å². The third-order valence-corrected chi connectivity index (χ3v) is 28.1. The fraction of sp³-hybridized carbons (Fsp3) is 0.641. The minimum absolute atomic E-state index is 0.0695. The SMILES string of the molecule is C=P(C)(C)CC[C@H]1O[C@@H](n2cc(CC(C)=O)c(=O)[nH]c2=O)[C@H](O)[C@@H]1O.C=P(C)(C)CC[C@H]1O[C@@H](n2cc(CC)c(=O)[nH]c2=O)[C@H](O)[C@@H]1O.C=P(C)(C)CC[C@H]1O[C@@H](n2cc(CC)c(=O)[nH]c2=S)[C@H](O)[C@@H]1O.C=P(C)(C)CC[C@H]1O[C@@H](n2cc(CNC(C)=O)c(=O)[nH]c2=O)[C@H](O)[C@@H]1O.C=P(C)(C)CC[C@H]1O[C@@H](n2cc(OCC(C)=O)c(=O)[nH]c2=O)[C@H](O)[C@@H]1O. The molecule has 123 heavy (non-hydrogen) atoms. The van der Waals surface area contributed by atoms with E-state index in [0.717, 1.165) is 55.3 Å². The van der Waals surface area contributed by atoms with Gasteiger partial charge in [0, 0.05) is 61.4 Å². The van der Waals surface area contributed by atoms with Crippen molar-refractivity contribution in [3.8, 4) is 5.75 Å². The van der Waals surface area contributed by atoms with Gasteiger partial charge in [-0.05, 0) is 168 Å². The number of aryl methyl sites for hydroxylation is 2. The van der Waals surface area contributed by atoms with Crippen LogP contribution in [0.5, 0.6) is 5.75 Å². The average Bonchev–Trinajstić information content (AvgIpc) is 1.68. The molecule has 0 aliphatic carbocycles. The van der Waals surface area contributed by atoms with Crippen LogP contribution in [0.1, 0.15) is 120 Å². The molecule has 0 bridgehead atoms. The van der Waals surface area contributed by atoms with Crippen LogP contribution in [0.15, 0.2) is 74.1 Å². The number of nitrogens with one attached hydrogen (secondary N) is 6. The van der Waals surface area contributed by atoms with Gasteiger partial charge in [-0.3, -0.25) is 86.1 Å². The summed E-state index contributed by atoms with van der Waals surface area (Å²) in [6.07, 6.45) is 14.6. The first-order valence-corrected chi connectivity index (χ1v) is 55.5. The first-order chi connectivity index (χ1) is 56.7. The van der Waals surface area contributed by atoms with Crippen molar-refractivity contribution in [1.29, 1.82) is 0 Å². The molecule has 0 unspecified atom stereocenters. The van der Waals surface area contributed by atoms with Gasteiger partial charge in [-0.2, -0.15) is 0 Å². The maximum atomic E-state index is 12.1. The van der Waals surface area contributed by atoms with E-state index in [2.05, 4.69) is 115 Å². The fourth-order valence-corrected chi connectivity index (χ4v) is 18.4. The molecule has 5 aliphatic heterocycles. The molecule has 45 heteroatoms. The molecule has 5 aromatic heterocycles. The number of carbonyl (C=O) groups is 3. The number of aliphatic hydroxyl groups excluding tert-OH is 10. The van der Waals surface area contributed by atoms with Crippen LogP contribution in [-0.2, 0) is 63.9 Å². The Morgan fingerprint density at radius 1 is 0.382 bits per heavy atom. The molecule has 692 valence electrons. The number of aromatic amines is 5. The van der Waals surface area contributed by atoms with E-state index in [1.165, 1.54) is 43.9 Å². The summed E-state index contributed by atoms with van der Waals surface area (Å²) in [5, 5.41) is 105. The number of H-pyrrole nitrogens is 5. The predicted octanol–water partition coefficient (Wildman–Crippen LogP) is -1.50. The summed E-state index contributed by atoms with van der Waals surface area (Å²) in [7, 11) is 0. The molecule has 0 spiro atoms. The van der Waals surface area contributed by atoms with Crippen molar-refractivity contribution < 1.29 is 93.9 Å². The standard InChI is InChI=1S/C16H26N3O6P.C16H25N2O7P.C16H25N2O6P.C15H25N2O5P.C15H25N2O4PS/c1-9(20)17-7-10-8-19(16(24)18-14(10)23)15-13(22)12(21)11(25-15)5-6-26(2,3)4;1-9(19)8-24-11-7-18(16(23)17-14(11)22)15-13(21)12(20)10(25-15)5-6-26(2,3)4;1-9(19)7-10-8-18(16(23)17-14(10)22)15-13(21)12(20)11(24-15)5-6-25(2,3)4;1-5-9-8-17(15(21)16-13(9)20)14-12(19)11(18)10(22-14)6-7-23(2,3)4;1-5-9-8-17(15(23)16-13(9)20)14-12(19)11(18)10(21-14)6-7-22(2,3)4/h8,11-13,15,21-22H,2,5-7H2,1,3-4H3,(H,17,20)(H,18,23,24);7,10,12-13,15,20-21H,2,5-6,8H2,1,3-4H3,(H,17,22,23);8,11-13,15,20-21H,2,5-7H2,1,3-4H3,(H,17,22,23);8,10-12,14,18-19H,2,5-7H2,1,3-4H3,(H,16,20,21);8,10-12,14,18-19H,2,5-7H2,1,3-4H3,(H,16,20,23)/t11-,12-,13-,15-;10-,12-,13-,15-;11-,12-,13-,15-;2*10-,11-,12-,14-/m11111/s1. The molecule has 39 nitrogen and oxygen atoms in total. The molecule has 5 aromatic rings. The van der Waals surface area contributed by atoms with Crippen molar-refractivity contribution in [2.24, 2.45) is 0 Å². The molecule has 5 fully saturated rings. The fourth-order valence-electron chi connectivity index (χ4n) is 13.4. The lowest BCUT2D eigenvalue weighted by atomic mass is 10.1. The van der Waals surface area contributed by atoms with Crippen molar-refractivity contribution in [3.63, 3.8) is 0 Å². The van der Waals surface area contributed by atoms with Gasteiger partial charge in [0.05, 0.1) is 42.3 Å². The van der Waals surface area contributed by atoms with Crippen LogP contribution >= 0.6 is 46.6 Å². The highest BCUT2D eigenvalue weighted by Crippen LogP contribution is 2.44.